The van der Waals surface area contributed by atoms with Crippen LogP contribution in [-0.2, 0) is 23.2 Å². The fourth-order valence-corrected chi connectivity index (χ4v) is 3.21. The first-order chi connectivity index (χ1) is 14.0. The first kappa shape index (κ1) is 18.9. The van der Waals surface area contributed by atoms with Crippen LogP contribution >= 0.6 is 11.6 Å². The van der Waals surface area contributed by atoms with Crippen LogP contribution in [0.5, 0.6) is 5.75 Å². The molecule has 9 heteroatoms. The Balaban J connectivity index is 1.57. The van der Waals surface area contributed by atoms with E-state index < -0.39 is 12.1 Å². The number of aromatic nitrogens is 4. The molecule has 0 spiro atoms. The third-order valence-corrected chi connectivity index (χ3v) is 4.71. The van der Waals surface area contributed by atoms with Crippen LogP contribution in [0.25, 0.3) is 16.7 Å². The maximum Gasteiger partial charge on any atom is 0.347 e. The van der Waals surface area contributed by atoms with Gasteiger partial charge in [0, 0.05) is 12.1 Å². The van der Waals surface area contributed by atoms with Gasteiger partial charge in [-0.25, -0.2) is 4.79 Å². The van der Waals surface area contributed by atoms with Gasteiger partial charge < -0.3 is 9.47 Å². The molecule has 1 atom stereocenters. The van der Waals surface area contributed by atoms with E-state index in [4.69, 9.17) is 21.1 Å². The smallest absolute Gasteiger partial charge is 0.347 e. The van der Waals surface area contributed by atoms with Gasteiger partial charge in [-0.1, -0.05) is 29.8 Å². The molecule has 0 N–H and O–H groups in total. The Morgan fingerprint density at radius 3 is 2.76 bits per heavy atom. The Hall–Kier alpha value is -3.39. The molecule has 0 radical (unpaired) electrons. The molecule has 0 saturated carbocycles. The fourth-order valence-electron chi connectivity index (χ4n) is 3.03. The molecule has 2 aromatic carbocycles. The van der Waals surface area contributed by atoms with E-state index in [1.54, 1.807) is 60.8 Å². The van der Waals surface area contributed by atoms with Crippen molar-refractivity contribution in [1.29, 1.82) is 0 Å². The minimum atomic E-state index is -0.839. The number of carbonyl (C=O) groups excluding carboxylic acids is 1. The molecule has 2 heterocycles. The number of para-hydroxylation sites is 1. The van der Waals surface area contributed by atoms with E-state index in [1.807, 2.05) is 6.07 Å². The van der Waals surface area contributed by atoms with Crippen LogP contribution in [0.2, 0.25) is 5.02 Å². The van der Waals surface area contributed by atoms with Crippen molar-refractivity contribution in [2.24, 2.45) is 7.05 Å². The summed E-state index contributed by atoms with van der Waals surface area (Å²) in [5, 5.41) is 9.19. The van der Waals surface area contributed by atoms with Crippen molar-refractivity contribution in [3.05, 3.63) is 69.7 Å². The van der Waals surface area contributed by atoms with Gasteiger partial charge in [0.15, 0.2) is 18.5 Å². The zero-order valence-electron chi connectivity index (χ0n) is 15.7. The van der Waals surface area contributed by atoms with Gasteiger partial charge in [0.05, 0.1) is 10.9 Å². The van der Waals surface area contributed by atoms with Crippen LogP contribution in [-0.4, -0.2) is 31.2 Å². The zero-order valence-corrected chi connectivity index (χ0v) is 16.5. The van der Waals surface area contributed by atoms with E-state index in [0.717, 1.165) is 0 Å². The summed E-state index contributed by atoms with van der Waals surface area (Å²) in [7, 11) is 1.62. The van der Waals surface area contributed by atoms with Crippen LogP contribution < -0.4 is 10.3 Å². The zero-order chi connectivity index (χ0) is 20.5. The molecule has 2 aromatic heterocycles. The third kappa shape index (κ3) is 3.54. The predicted molar refractivity (Wildman–Crippen MR) is 107 cm³/mol. The lowest BCUT2D eigenvalue weighted by Gasteiger charge is -2.14. The van der Waals surface area contributed by atoms with Crippen LogP contribution in [0.15, 0.2) is 53.3 Å². The Bertz CT molecular complexity index is 1280. The number of ether oxygens (including phenoxy) is 2. The molecule has 29 heavy (non-hydrogen) atoms. The van der Waals surface area contributed by atoms with E-state index in [2.05, 4.69) is 10.2 Å². The van der Waals surface area contributed by atoms with E-state index in [9.17, 15) is 9.59 Å². The predicted octanol–water partition coefficient (Wildman–Crippen LogP) is 2.75. The number of benzene rings is 2. The summed E-state index contributed by atoms with van der Waals surface area (Å²) < 4.78 is 14.1. The molecule has 0 aliphatic rings. The molecule has 0 fully saturated rings. The number of halogens is 1. The molecule has 0 aliphatic carbocycles. The number of aryl methyl sites for hydroxylation is 1. The lowest BCUT2D eigenvalue weighted by molar-refractivity contribution is -0.152. The number of rotatable bonds is 5. The summed E-state index contributed by atoms with van der Waals surface area (Å²) in [5.74, 6) is 0.671. The number of esters is 1. The largest absolute Gasteiger partial charge is 0.479 e. The van der Waals surface area contributed by atoms with Crippen LogP contribution in [0.4, 0.5) is 0 Å². The van der Waals surface area contributed by atoms with E-state index >= 15 is 0 Å². The van der Waals surface area contributed by atoms with Gasteiger partial charge in [0.25, 0.3) is 5.56 Å². The second kappa shape index (κ2) is 7.56. The van der Waals surface area contributed by atoms with Crippen molar-refractivity contribution >= 4 is 34.3 Å². The van der Waals surface area contributed by atoms with E-state index in [1.165, 1.54) is 4.57 Å². The lowest BCUT2D eigenvalue weighted by atomic mass is 10.2. The number of hydrogen-bond donors (Lipinski definition) is 0. The summed E-state index contributed by atoms with van der Waals surface area (Å²) in [4.78, 5) is 24.8. The van der Waals surface area contributed by atoms with Crippen LogP contribution in [0.1, 0.15) is 12.7 Å². The van der Waals surface area contributed by atoms with E-state index in [0.29, 0.717) is 33.3 Å². The van der Waals surface area contributed by atoms with Crippen molar-refractivity contribution in [1.82, 2.24) is 19.2 Å². The lowest BCUT2D eigenvalue weighted by Crippen LogP contribution is -2.26. The molecule has 0 aliphatic heterocycles. The molecule has 148 valence electrons. The molecule has 0 amide bonds. The fraction of sp³-hybridized carbons (Fsp3) is 0.200. The summed E-state index contributed by atoms with van der Waals surface area (Å²) in [5.41, 5.74) is 0.470. The minimum Gasteiger partial charge on any atom is -0.479 e. The molecule has 4 rings (SSSR count). The molecular weight excluding hydrogens is 396 g/mol. The molecule has 8 nitrogen and oxygen atoms in total. The summed E-state index contributed by atoms with van der Waals surface area (Å²) in [6.07, 6.45) is -0.839. The van der Waals surface area contributed by atoms with Crippen molar-refractivity contribution in [3.63, 3.8) is 0 Å². The highest BCUT2D eigenvalue weighted by molar-refractivity contribution is 6.30. The molecule has 1 unspecified atom stereocenters. The number of hydrogen-bond acceptors (Lipinski definition) is 6. The van der Waals surface area contributed by atoms with Gasteiger partial charge in [-0.05, 0) is 37.3 Å². The molecule has 0 saturated heterocycles. The Morgan fingerprint density at radius 1 is 1.17 bits per heavy atom. The van der Waals surface area contributed by atoms with Crippen LogP contribution in [0, 0.1) is 0 Å². The summed E-state index contributed by atoms with van der Waals surface area (Å²) >= 11 is 5.93. The highest BCUT2D eigenvalue weighted by Crippen LogP contribution is 2.19. The van der Waals surface area contributed by atoms with Crippen molar-refractivity contribution < 1.29 is 14.3 Å². The first-order valence-electron chi connectivity index (χ1n) is 8.86. The van der Waals surface area contributed by atoms with Gasteiger partial charge in [0.2, 0.25) is 5.78 Å². The molecule has 4 aromatic rings. The topological polar surface area (TPSA) is 87.7 Å². The normalized spacial score (nSPS) is 12.2. The van der Waals surface area contributed by atoms with E-state index in [-0.39, 0.29) is 12.2 Å². The monoisotopic (exact) mass is 412 g/mol. The second-order valence-corrected chi connectivity index (χ2v) is 6.89. The summed E-state index contributed by atoms with van der Waals surface area (Å²) in [6, 6.07) is 13.9. The van der Waals surface area contributed by atoms with Crippen molar-refractivity contribution in [3.8, 4) is 5.75 Å². The Morgan fingerprint density at radius 2 is 1.97 bits per heavy atom. The third-order valence-electron chi connectivity index (χ3n) is 4.48. The Kier molecular flexibility index (Phi) is 4.94. The van der Waals surface area contributed by atoms with Crippen molar-refractivity contribution in [2.45, 2.75) is 19.6 Å². The molecule has 0 bridgehead atoms. The van der Waals surface area contributed by atoms with Gasteiger partial charge in [0.1, 0.15) is 5.75 Å². The maximum atomic E-state index is 12.5. The van der Waals surface area contributed by atoms with Gasteiger partial charge in [-0.15, -0.1) is 10.2 Å². The number of carbonyl (C=O) groups is 1. The van der Waals surface area contributed by atoms with Crippen LogP contribution in [0.3, 0.4) is 0 Å². The summed E-state index contributed by atoms with van der Waals surface area (Å²) in [6.45, 7) is 1.47. The average Bonchev–Trinajstić information content (AvgIpc) is 3.14. The number of nitrogens with zero attached hydrogens (tertiary/aromatic N) is 4. The van der Waals surface area contributed by atoms with Gasteiger partial charge in [-0.3, -0.25) is 13.8 Å². The minimum absolute atomic E-state index is 0.120. The maximum absolute atomic E-state index is 12.5. The first-order valence-corrected chi connectivity index (χ1v) is 9.24. The second-order valence-electron chi connectivity index (χ2n) is 6.46. The number of fused-ring (bicyclic) bond motifs is 3. The SMILES string of the molecule is CC(Oc1cccc(Cl)c1)C(=O)OCc1nnc2n(C)c(=O)c3ccccc3n12. The highest BCUT2D eigenvalue weighted by Gasteiger charge is 2.20. The van der Waals surface area contributed by atoms with Crippen molar-refractivity contribution in [2.75, 3.05) is 0 Å². The van der Waals surface area contributed by atoms with Gasteiger partial charge in [-0.2, -0.15) is 0 Å². The highest BCUT2D eigenvalue weighted by atomic mass is 35.5. The standard InChI is InChI=1S/C20H17ClN4O4/c1-12(29-14-7-5-6-13(21)10-14)19(27)28-11-17-22-23-20-24(2)18(26)15-8-3-4-9-16(15)25(17)20/h3-10,12H,11H2,1-2H3. The van der Waals surface area contributed by atoms with Gasteiger partial charge >= 0.3 is 5.97 Å². The quantitative estimate of drug-likeness (QED) is 0.468. The average molecular weight is 413 g/mol. The Labute approximate surface area is 170 Å². The molecular formula is C20H17ClN4O4.